The molecule has 1 aliphatic heterocycles. The van der Waals surface area contributed by atoms with Gasteiger partial charge in [-0.3, -0.25) is 9.59 Å². The van der Waals surface area contributed by atoms with Gasteiger partial charge in [0.15, 0.2) is 12.4 Å². The maximum absolute atomic E-state index is 12.4. The average Bonchev–Trinajstić information content (AvgIpc) is 3.48. The van der Waals surface area contributed by atoms with Crippen LogP contribution in [0.2, 0.25) is 0 Å². The van der Waals surface area contributed by atoms with Gasteiger partial charge in [-0.25, -0.2) is 0 Å². The predicted molar refractivity (Wildman–Crippen MR) is 140 cm³/mol. The molecule has 36 heavy (non-hydrogen) atoms. The van der Waals surface area contributed by atoms with E-state index < -0.39 is 0 Å². The first-order valence-electron chi connectivity index (χ1n) is 12.9. The number of rotatable bonds is 7. The van der Waals surface area contributed by atoms with Crippen LogP contribution in [0.4, 0.5) is 11.4 Å². The molecule has 7 heteroatoms. The molecule has 7 nitrogen and oxygen atoms in total. The number of anilines is 2. The summed E-state index contributed by atoms with van der Waals surface area (Å²) in [7, 11) is 0. The van der Waals surface area contributed by atoms with Gasteiger partial charge < -0.3 is 24.3 Å². The summed E-state index contributed by atoms with van der Waals surface area (Å²) in [6, 6.07) is 19.4. The number of nitrogens with one attached hydrogen (secondary N) is 1. The van der Waals surface area contributed by atoms with Gasteiger partial charge in [0.25, 0.3) is 11.8 Å². The first-order valence-corrected chi connectivity index (χ1v) is 12.9. The standard InChI is InChI=1S/C29H33N3O4/c33-28(21-36-26-14-8-23(9-15-26)22-5-2-1-3-6-22)30-24-10-12-25(13-11-24)31-16-18-32(19-17-31)29(34)27-7-4-20-35-27/h4,7-15,20,22H,1-3,5-6,16-19,21H2,(H,30,33). The van der Waals surface area contributed by atoms with E-state index in [1.165, 1.54) is 43.9 Å². The maximum atomic E-state index is 12.4. The highest BCUT2D eigenvalue weighted by molar-refractivity contribution is 5.92. The Morgan fingerprint density at radius 2 is 1.61 bits per heavy atom. The van der Waals surface area contributed by atoms with Gasteiger partial charge in [-0.2, -0.15) is 0 Å². The lowest BCUT2D eigenvalue weighted by atomic mass is 9.84. The summed E-state index contributed by atoms with van der Waals surface area (Å²) in [5.74, 6) is 1.49. The van der Waals surface area contributed by atoms with Crippen LogP contribution in [0.5, 0.6) is 5.75 Å². The summed E-state index contributed by atoms with van der Waals surface area (Å²) in [5.41, 5.74) is 3.16. The summed E-state index contributed by atoms with van der Waals surface area (Å²) in [4.78, 5) is 28.9. The third kappa shape index (κ3) is 5.90. The molecule has 0 bridgehead atoms. The fourth-order valence-corrected chi connectivity index (χ4v) is 5.10. The summed E-state index contributed by atoms with van der Waals surface area (Å²) in [5, 5.41) is 2.90. The molecule has 0 unspecified atom stereocenters. The highest BCUT2D eigenvalue weighted by atomic mass is 16.5. The van der Waals surface area contributed by atoms with Gasteiger partial charge in [0.05, 0.1) is 6.26 Å². The number of hydrogen-bond acceptors (Lipinski definition) is 5. The Morgan fingerprint density at radius 1 is 0.889 bits per heavy atom. The van der Waals surface area contributed by atoms with E-state index in [2.05, 4.69) is 22.3 Å². The van der Waals surface area contributed by atoms with E-state index in [4.69, 9.17) is 9.15 Å². The molecule has 2 aromatic carbocycles. The second-order valence-corrected chi connectivity index (χ2v) is 9.54. The lowest BCUT2D eigenvalue weighted by Gasteiger charge is -2.35. The molecule has 2 aliphatic rings. The zero-order valence-corrected chi connectivity index (χ0v) is 20.5. The van der Waals surface area contributed by atoms with Crippen LogP contribution in [0.25, 0.3) is 0 Å². The zero-order chi connectivity index (χ0) is 24.7. The summed E-state index contributed by atoms with van der Waals surface area (Å²) >= 11 is 0. The molecule has 0 radical (unpaired) electrons. The van der Waals surface area contributed by atoms with E-state index in [1.807, 2.05) is 41.3 Å². The van der Waals surface area contributed by atoms with E-state index in [9.17, 15) is 9.59 Å². The topological polar surface area (TPSA) is 75.0 Å². The lowest BCUT2D eigenvalue weighted by Crippen LogP contribution is -2.48. The van der Waals surface area contributed by atoms with Crippen molar-refractivity contribution >= 4 is 23.2 Å². The van der Waals surface area contributed by atoms with Gasteiger partial charge >= 0.3 is 0 Å². The Hall–Kier alpha value is -3.74. The minimum Gasteiger partial charge on any atom is -0.484 e. The van der Waals surface area contributed by atoms with Crippen molar-refractivity contribution in [2.24, 2.45) is 0 Å². The number of piperazine rings is 1. The first kappa shape index (κ1) is 24.0. The van der Waals surface area contributed by atoms with Crippen LogP contribution in [0.1, 0.15) is 54.1 Å². The Labute approximate surface area is 212 Å². The number of furan rings is 1. The highest BCUT2D eigenvalue weighted by Gasteiger charge is 2.24. The van der Waals surface area contributed by atoms with Crippen molar-refractivity contribution in [2.45, 2.75) is 38.0 Å². The summed E-state index contributed by atoms with van der Waals surface area (Å²) in [6.45, 7) is 2.72. The minimum absolute atomic E-state index is 0.0316. The van der Waals surface area contributed by atoms with E-state index >= 15 is 0 Å². The van der Waals surface area contributed by atoms with Crippen LogP contribution in [-0.4, -0.2) is 49.5 Å². The monoisotopic (exact) mass is 487 g/mol. The minimum atomic E-state index is -0.191. The van der Waals surface area contributed by atoms with Gasteiger partial charge in [-0.15, -0.1) is 0 Å². The molecule has 188 valence electrons. The maximum Gasteiger partial charge on any atom is 0.289 e. The number of nitrogens with zero attached hydrogens (tertiary/aromatic N) is 2. The Bertz CT molecular complexity index is 1130. The van der Waals surface area contributed by atoms with Gasteiger partial charge in [0.2, 0.25) is 0 Å². The molecule has 3 aromatic rings. The molecule has 5 rings (SSSR count). The van der Waals surface area contributed by atoms with Crippen LogP contribution in [0.15, 0.2) is 71.3 Å². The number of carbonyl (C=O) groups is 2. The van der Waals surface area contributed by atoms with Crippen LogP contribution in [0, 0.1) is 0 Å². The fourth-order valence-electron chi connectivity index (χ4n) is 5.10. The second-order valence-electron chi connectivity index (χ2n) is 9.54. The molecule has 2 amide bonds. The largest absolute Gasteiger partial charge is 0.484 e. The van der Waals surface area contributed by atoms with Crippen molar-refractivity contribution in [3.8, 4) is 5.75 Å². The number of benzene rings is 2. The highest BCUT2D eigenvalue weighted by Crippen LogP contribution is 2.33. The van der Waals surface area contributed by atoms with Crippen LogP contribution >= 0.6 is 0 Å². The SMILES string of the molecule is O=C(COc1ccc(C2CCCCC2)cc1)Nc1ccc(N2CCN(C(=O)c3ccco3)CC2)cc1. The second kappa shape index (κ2) is 11.3. The molecule has 2 fully saturated rings. The Balaban J connectivity index is 1.06. The lowest BCUT2D eigenvalue weighted by molar-refractivity contribution is -0.118. The van der Waals surface area contributed by atoms with Crippen molar-refractivity contribution in [3.05, 3.63) is 78.3 Å². The number of hydrogen-bond donors (Lipinski definition) is 1. The molecule has 1 aliphatic carbocycles. The van der Waals surface area contributed by atoms with E-state index in [0.717, 1.165) is 24.5 Å². The molecule has 2 heterocycles. The van der Waals surface area contributed by atoms with Gasteiger partial charge in [-0.1, -0.05) is 31.4 Å². The van der Waals surface area contributed by atoms with Gasteiger partial charge in [-0.05, 0) is 72.9 Å². The normalized spacial score (nSPS) is 16.6. The fraction of sp³-hybridized carbons (Fsp3) is 0.379. The average molecular weight is 488 g/mol. The van der Waals surface area contributed by atoms with Gasteiger partial charge in [0, 0.05) is 37.6 Å². The Kier molecular flexibility index (Phi) is 7.55. The molecule has 1 saturated carbocycles. The molecular formula is C29H33N3O4. The smallest absolute Gasteiger partial charge is 0.289 e. The molecular weight excluding hydrogens is 454 g/mol. The summed E-state index contributed by atoms with van der Waals surface area (Å²) in [6.07, 6.45) is 8.03. The van der Waals surface area contributed by atoms with Crippen LogP contribution in [-0.2, 0) is 4.79 Å². The summed E-state index contributed by atoms with van der Waals surface area (Å²) < 4.78 is 10.9. The van der Waals surface area contributed by atoms with Crippen LogP contribution in [0.3, 0.4) is 0 Å². The van der Waals surface area contributed by atoms with E-state index in [1.54, 1.807) is 12.1 Å². The van der Waals surface area contributed by atoms with Crippen molar-refractivity contribution in [1.82, 2.24) is 4.90 Å². The molecule has 0 atom stereocenters. The van der Waals surface area contributed by atoms with Crippen molar-refractivity contribution in [2.75, 3.05) is 43.0 Å². The molecule has 1 N–H and O–H groups in total. The third-order valence-electron chi connectivity index (χ3n) is 7.14. The molecule has 1 aromatic heterocycles. The van der Waals surface area contributed by atoms with Crippen molar-refractivity contribution in [1.29, 1.82) is 0 Å². The quantitative estimate of drug-likeness (QED) is 0.489. The van der Waals surface area contributed by atoms with Gasteiger partial charge in [0.1, 0.15) is 5.75 Å². The number of ether oxygens (including phenoxy) is 1. The van der Waals surface area contributed by atoms with Crippen molar-refractivity contribution < 1.29 is 18.7 Å². The van der Waals surface area contributed by atoms with Crippen LogP contribution < -0.4 is 15.0 Å². The molecule has 0 spiro atoms. The number of amides is 2. The van der Waals surface area contributed by atoms with E-state index in [0.29, 0.717) is 30.5 Å². The van der Waals surface area contributed by atoms with E-state index in [-0.39, 0.29) is 18.4 Å². The first-order chi connectivity index (χ1) is 17.7. The predicted octanol–water partition coefficient (Wildman–Crippen LogP) is 5.31. The third-order valence-corrected chi connectivity index (χ3v) is 7.14. The Morgan fingerprint density at radius 3 is 2.28 bits per heavy atom. The number of carbonyl (C=O) groups excluding carboxylic acids is 2. The van der Waals surface area contributed by atoms with Crippen molar-refractivity contribution in [3.63, 3.8) is 0 Å². The zero-order valence-electron chi connectivity index (χ0n) is 20.5. The molecule has 1 saturated heterocycles.